The first-order valence-electron chi connectivity index (χ1n) is 7.92. The van der Waals surface area contributed by atoms with Crippen LogP contribution in [0.1, 0.15) is 11.4 Å². The summed E-state index contributed by atoms with van der Waals surface area (Å²) in [5.41, 5.74) is 2.99. The SMILES string of the molecule is Cc1nc2ccc(N3CCN(c4ncc(Cl)cn4)CC3)nn2c1C. The van der Waals surface area contributed by atoms with Gasteiger partial charge in [0.05, 0.1) is 28.8 Å². The van der Waals surface area contributed by atoms with E-state index in [4.69, 9.17) is 16.7 Å². The molecule has 0 unspecified atom stereocenters. The van der Waals surface area contributed by atoms with Gasteiger partial charge in [-0.2, -0.15) is 0 Å². The van der Waals surface area contributed by atoms with E-state index < -0.39 is 0 Å². The molecule has 0 spiro atoms. The molecule has 8 heteroatoms. The Morgan fingerprint density at radius 2 is 1.62 bits per heavy atom. The summed E-state index contributed by atoms with van der Waals surface area (Å²) in [5.74, 6) is 1.70. The highest BCUT2D eigenvalue weighted by Crippen LogP contribution is 2.18. The van der Waals surface area contributed by atoms with Crippen LogP contribution in [0.5, 0.6) is 0 Å². The number of piperazine rings is 1. The van der Waals surface area contributed by atoms with E-state index in [1.165, 1.54) is 0 Å². The Bertz CT molecular complexity index is 866. The Balaban J connectivity index is 1.51. The first kappa shape index (κ1) is 15.1. The third-order valence-electron chi connectivity index (χ3n) is 4.42. The van der Waals surface area contributed by atoms with Crippen LogP contribution >= 0.6 is 11.6 Å². The highest BCUT2D eigenvalue weighted by molar-refractivity contribution is 6.30. The van der Waals surface area contributed by atoms with Crippen molar-refractivity contribution in [3.05, 3.63) is 40.9 Å². The molecule has 1 aliphatic rings. The summed E-state index contributed by atoms with van der Waals surface area (Å²) < 4.78 is 1.92. The minimum atomic E-state index is 0.556. The Kier molecular flexibility index (Phi) is 3.72. The van der Waals surface area contributed by atoms with Gasteiger partial charge >= 0.3 is 0 Å². The molecule has 0 saturated carbocycles. The molecule has 0 radical (unpaired) electrons. The van der Waals surface area contributed by atoms with Crippen molar-refractivity contribution in [1.29, 1.82) is 0 Å². The molecule has 24 heavy (non-hydrogen) atoms. The van der Waals surface area contributed by atoms with Crippen LogP contribution in [0, 0.1) is 13.8 Å². The van der Waals surface area contributed by atoms with Gasteiger partial charge in [-0.05, 0) is 26.0 Å². The Morgan fingerprint density at radius 3 is 2.33 bits per heavy atom. The molecule has 1 fully saturated rings. The van der Waals surface area contributed by atoms with Gasteiger partial charge in [-0.1, -0.05) is 11.6 Å². The first-order valence-corrected chi connectivity index (χ1v) is 8.30. The minimum absolute atomic E-state index is 0.556. The minimum Gasteiger partial charge on any atom is -0.352 e. The number of halogens is 1. The van der Waals surface area contributed by atoms with E-state index in [0.717, 1.165) is 55.0 Å². The standard InChI is InChI=1S/C16H18ClN7/c1-11-12(2)24-14(20-11)3-4-15(21-24)22-5-7-23(8-6-22)16-18-9-13(17)10-19-16/h3-4,9-10H,5-8H2,1-2H3. The molecule has 4 rings (SSSR count). The molecule has 3 aromatic heterocycles. The van der Waals surface area contributed by atoms with Crippen molar-refractivity contribution >= 4 is 29.0 Å². The number of nitrogens with zero attached hydrogens (tertiary/aromatic N) is 7. The molecular formula is C16H18ClN7. The summed E-state index contributed by atoms with van der Waals surface area (Å²) in [5, 5.41) is 5.30. The molecule has 1 saturated heterocycles. The molecule has 0 amide bonds. The van der Waals surface area contributed by atoms with Crippen molar-refractivity contribution < 1.29 is 0 Å². The zero-order valence-corrected chi connectivity index (χ0v) is 14.4. The summed E-state index contributed by atoms with van der Waals surface area (Å²) in [6.45, 7) is 7.50. The zero-order chi connectivity index (χ0) is 16.7. The molecule has 124 valence electrons. The van der Waals surface area contributed by atoms with Crippen LogP contribution in [0.2, 0.25) is 5.02 Å². The fraction of sp³-hybridized carbons (Fsp3) is 0.375. The van der Waals surface area contributed by atoms with Crippen LogP contribution in [0.4, 0.5) is 11.8 Å². The summed E-state index contributed by atoms with van der Waals surface area (Å²) >= 11 is 5.85. The smallest absolute Gasteiger partial charge is 0.225 e. The van der Waals surface area contributed by atoms with Crippen LogP contribution in [-0.2, 0) is 0 Å². The summed E-state index contributed by atoms with van der Waals surface area (Å²) in [4.78, 5) is 17.5. The molecule has 1 aliphatic heterocycles. The maximum atomic E-state index is 5.85. The van der Waals surface area contributed by atoms with Crippen molar-refractivity contribution in [1.82, 2.24) is 24.6 Å². The van der Waals surface area contributed by atoms with E-state index in [-0.39, 0.29) is 0 Å². The molecule has 0 aliphatic carbocycles. The van der Waals surface area contributed by atoms with Gasteiger partial charge in [0.2, 0.25) is 5.95 Å². The Morgan fingerprint density at radius 1 is 0.958 bits per heavy atom. The number of anilines is 2. The number of fused-ring (bicyclic) bond motifs is 1. The lowest BCUT2D eigenvalue weighted by Crippen LogP contribution is -2.47. The van der Waals surface area contributed by atoms with E-state index >= 15 is 0 Å². The quantitative estimate of drug-likeness (QED) is 0.710. The monoisotopic (exact) mass is 343 g/mol. The fourth-order valence-corrected chi connectivity index (χ4v) is 3.01. The van der Waals surface area contributed by atoms with Crippen molar-refractivity contribution in [2.24, 2.45) is 0 Å². The first-order chi connectivity index (χ1) is 11.6. The Hall–Kier alpha value is -2.41. The largest absolute Gasteiger partial charge is 0.352 e. The van der Waals surface area contributed by atoms with Gasteiger partial charge in [-0.25, -0.2) is 19.5 Å². The van der Waals surface area contributed by atoms with Gasteiger partial charge in [0.1, 0.15) is 5.82 Å². The molecule has 0 aromatic carbocycles. The van der Waals surface area contributed by atoms with Gasteiger partial charge in [-0.15, -0.1) is 5.10 Å². The van der Waals surface area contributed by atoms with Crippen LogP contribution < -0.4 is 9.80 Å². The predicted molar refractivity (Wildman–Crippen MR) is 93.9 cm³/mol. The summed E-state index contributed by atoms with van der Waals surface area (Å²) in [6.07, 6.45) is 3.27. The lowest BCUT2D eigenvalue weighted by molar-refractivity contribution is 0.629. The Labute approximate surface area is 144 Å². The molecule has 0 bridgehead atoms. The topological polar surface area (TPSA) is 62.5 Å². The van der Waals surface area contributed by atoms with Crippen LogP contribution in [0.3, 0.4) is 0 Å². The molecule has 3 aromatic rings. The van der Waals surface area contributed by atoms with Crippen molar-refractivity contribution in [3.63, 3.8) is 0 Å². The highest BCUT2D eigenvalue weighted by Gasteiger charge is 2.20. The molecule has 0 N–H and O–H groups in total. The van der Waals surface area contributed by atoms with E-state index in [1.807, 2.05) is 30.5 Å². The maximum absolute atomic E-state index is 5.85. The van der Waals surface area contributed by atoms with Crippen LogP contribution in [-0.4, -0.2) is 50.7 Å². The summed E-state index contributed by atoms with van der Waals surface area (Å²) in [6, 6.07) is 4.06. The van der Waals surface area contributed by atoms with Crippen molar-refractivity contribution in [2.45, 2.75) is 13.8 Å². The number of aryl methyl sites for hydroxylation is 2. The second-order valence-electron chi connectivity index (χ2n) is 5.92. The molecule has 4 heterocycles. The normalized spacial score (nSPS) is 15.3. The van der Waals surface area contributed by atoms with Crippen LogP contribution in [0.25, 0.3) is 5.65 Å². The van der Waals surface area contributed by atoms with Gasteiger partial charge in [-0.3, -0.25) is 0 Å². The number of aromatic nitrogens is 5. The zero-order valence-electron chi connectivity index (χ0n) is 13.6. The van der Waals surface area contributed by atoms with E-state index in [0.29, 0.717) is 5.02 Å². The second kappa shape index (κ2) is 5.90. The number of imidazole rings is 1. The predicted octanol–water partition coefficient (Wildman–Crippen LogP) is 2.12. The molecule has 0 atom stereocenters. The van der Waals surface area contributed by atoms with Crippen LogP contribution in [0.15, 0.2) is 24.5 Å². The fourth-order valence-electron chi connectivity index (χ4n) is 2.92. The molecular weight excluding hydrogens is 326 g/mol. The van der Waals surface area contributed by atoms with Crippen molar-refractivity contribution in [2.75, 3.05) is 36.0 Å². The van der Waals surface area contributed by atoms with E-state index in [2.05, 4.69) is 24.8 Å². The van der Waals surface area contributed by atoms with Gasteiger partial charge in [0.15, 0.2) is 5.65 Å². The second-order valence-corrected chi connectivity index (χ2v) is 6.36. The van der Waals surface area contributed by atoms with Gasteiger partial charge < -0.3 is 9.80 Å². The highest BCUT2D eigenvalue weighted by atomic mass is 35.5. The number of hydrogen-bond acceptors (Lipinski definition) is 6. The number of hydrogen-bond donors (Lipinski definition) is 0. The molecule has 7 nitrogen and oxygen atoms in total. The maximum Gasteiger partial charge on any atom is 0.225 e. The van der Waals surface area contributed by atoms with Crippen molar-refractivity contribution in [3.8, 4) is 0 Å². The average molecular weight is 344 g/mol. The van der Waals surface area contributed by atoms with Gasteiger partial charge in [0.25, 0.3) is 0 Å². The van der Waals surface area contributed by atoms with E-state index in [9.17, 15) is 0 Å². The lowest BCUT2D eigenvalue weighted by Gasteiger charge is -2.35. The third kappa shape index (κ3) is 2.65. The third-order valence-corrected chi connectivity index (χ3v) is 4.61. The average Bonchev–Trinajstić information content (AvgIpc) is 2.90. The summed E-state index contributed by atoms with van der Waals surface area (Å²) in [7, 11) is 0. The number of rotatable bonds is 2. The van der Waals surface area contributed by atoms with Gasteiger partial charge in [0, 0.05) is 26.2 Å². The van der Waals surface area contributed by atoms with E-state index in [1.54, 1.807) is 12.4 Å². The lowest BCUT2D eigenvalue weighted by atomic mass is 10.3.